The van der Waals surface area contributed by atoms with Crippen LogP contribution in [0.5, 0.6) is 0 Å². The van der Waals surface area contributed by atoms with Crippen LogP contribution < -0.4 is 10.6 Å². The molecular formula is C14H17N5O2S. The molecule has 0 aliphatic carbocycles. The number of carbonyl (C=O) groups is 2. The van der Waals surface area contributed by atoms with E-state index in [1.165, 1.54) is 16.2 Å². The number of anilines is 1. The van der Waals surface area contributed by atoms with Crippen molar-refractivity contribution in [2.75, 3.05) is 26.0 Å². The second-order valence-electron chi connectivity index (χ2n) is 4.65. The number of carbonyl (C=O) groups excluding carboxylic acids is 2. The smallest absolute Gasteiger partial charge is 0.320 e. The van der Waals surface area contributed by atoms with Crippen molar-refractivity contribution < 1.29 is 9.59 Å². The number of rotatable bonds is 4. The van der Waals surface area contributed by atoms with Gasteiger partial charge in [0.15, 0.2) is 0 Å². The molecule has 116 valence electrons. The van der Waals surface area contributed by atoms with E-state index in [0.717, 1.165) is 5.56 Å². The summed E-state index contributed by atoms with van der Waals surface area (Å²) in [6.07, 6.45) is 1.62. The van der Waals surface area contributed by atoms with Gasteiger partial charge in [-0.2, -0.15) is 0 Å². The highest BCUT2D eigenvalue weighted by Gasteiger charge is 2.13. The van der Waals surface area contributed by atoms with Gasteiger partial charge in [0, 0.05) is 37.8 Å². The summed E-state index contributed by atoms with van der Waals surface area (Å²) in [5, 5.41) is 7.68. The number of hydrogen-bond acceptors (Lipinski definition) is 5. The van der Waals surface area contributed by atoms with E-state index < -0.39 is 0 Å². The number of pyridine rings is 1. The molecule has 0 fully saturated rings. The maximum absolute atomic E-state index is 11.8. The number of nitrogens with zero attached hydrogens (tertiary/aromatic N) is 3. The van der Waals surface area contributed by atoms with Gasteiger partial charge in [0.2, 0.25) is 0 Å². The Hall–Kier alpha value is -2.48. The minimum Gasteiger partial charge on any atom is -0.343 e. The maximum Gasteiger partial charge on any atom is 0.320 e. The van der Waals surface area contributed by atoms with E-state index in [1.54, 1.807) is 37.8 Å². The van der Waals surface area contributed by atoms with Crippen LogP contribution in [0.4, 0.5) is 10.6 Å². The molecule has 2 N–H and O–H groups in total. The van der Waals surface area contributed by atoms with Gasteiger partial charge in [-0.3, -0.25) is 10.1 Å². The Morgan fingerprint density at radius 3 is 2.68 bits per heavy atom. The van der Waals surface area contributed by atoms with Gasteiger partial charge in [-0.15, -0.1) is 11.3 Å². The standard InChI is InChI=1S/C14H17N5O2S/c1-4-15-14(21)18-11-6-5-9(7-16-11)12-17-10(8-22-12)13(20)19(2)3/h5-8H,4H2,1-3H3,(H2,15,16,18,21). The zero-order chi connectivity index (χ0) is 16.1. The fraction of sp³-hybridized carbons (Fsp3) is 0.286. The molecule has 2 aromatic rings. The Balaban J connectivity index is 2.10. The monoisotopic (exact) mass is 319 g/mol. The lowest BCUT2D eigenvalue weighted by atomic mass is 10.3. The Labute approximate surface area is 132 Å². The van der Waals surface area contributed by atoms with Crippen LogP contribution in [-0.2, 0) is 0 Å². The summed E-state index contributed by atoms with van der Waals surface area (Å²) in [5.41, 5.74) is 1.21. The van der Waals surface area contributed by atoms with Crippen molar-refractivity contribution in [1.82, 2.24) is 20.2 Å². The van der Waals surface area contributed by atoms with Crippen LogP contribution in [0, 0.1) is 0 Å². The first-order valence-corrected chi connectivity index (χ1v) is 7.57. The fourth-order valence-electron chi connectivity index (χ4n) is 1.65. The molecule has 8 heteroatoms. The molecule has 2 heterocycles. The molecule has 7 nitrogen and oxygen atoms in total. The van der Waals surface area contributed by atoms with Crippen LogP contribution in [0.2, 0.25) is 0 Å². The van der Waals surface area contributed by atoms with Crippen LogP contribution in [0.3, 0.4) is 0 Å². The molecule has 2 rings (SSSR count). The summed E-state index contributed by atoms with van der Waals surface area (Å²) in [6, 6.07) is 3.20. The first kappa shape index (κ1) is 15.9. The lowest BCUT2D eigenvalue weighted by Crippen LogP contribution is -2.28. The predicted molar refractivity (Wildman–Crippen MR) is 86.1 cm³/mol. The van der Waals surface area contributed by atoms with Crippen LogP contribution in [-0.4, -0.2) is 47.4 Å². The average molecular weight is 319 g/mol. The van der Waals surface area contributed by atoms with Crippen molar-refractivity contribution in [1.29, 1.82) is 0 Å². The Morgan fingerprint density at radius 2 is 2.09 bits per heavy atom. The van der Waals surface area contributed by atoms with Gasteiger partial charge in [-0.25, -0.2) is 14.8 Å². The van der Waals surface area contributed by atoms with Gasteiger partial charge in [-0.05, 0) is 19.1 Å². The fourth-order valence-corrected chi connectivity index (χ4v) is 2.43. The summed E-state index contributed by atoms with van der Waals surface area (Å²) >= 11 is 1.38. The molecule has 3 amide bonds. The molecule has 2 aromatic heterocycles. The molecule has 0 aromatic carbocycles. The normalized spacial score (nSPS) is 10.1. The molecule has 22 heavy (non-hydrogen) atoms. The van der Waals surface area contributed by atoms with Crippen molar-refractivity contribution in [3.63, 3.8) is 0 Å². The van der Waals surface area contributed by atoms with E-state index in [9.17, 15) is 9.59 Å². The molecule has 0 bridgehead atoms. The van der Waals surface area contributed by atoms with E-state index in [4.69, 9.17) is 0 Å². The number of aromatic nitrogens is 2. The number of hydrogen-bond donors (Lipinski definition) is 2. The van der Waals surface area contributed by atoms with Gasteiger partial charge < -0.3 is 10.2 Å². The van der Waals surface area contributed by atoms with E-state index in [0.29, 0.717) is 23.1 Å². The third-order valence-electron chi connectivity index (χ3n) is 2.72. The summed E-state index contributed by atoms with van der Waals surface area (Å²) in [4.78, 5) is 33.2. The van der Waals surface area contributed by atoms with Crippen molar-refractivity contribution in [3.8, 4) is 10.6 Å². The van der Waals surface area contributed by atoms with E-state index in [-0.39, 0.29) is 11.9 Å². The summed E-state index contributed by atoms with van der Waals surface area (Å²) in [7, 11) is 3.37. The van der Waals surface area contributed by atoms with Crippen LogP contribution >= 0.6 is 11.3 Å². The Bertz CT molecular complexity index is 666. The summed E-state index contributed by atoms with van der Waals surface area (Å²) in [6.45, 7) is 2.39. The highest BCUT2D eigenvalue weighted by molar-refractivity contribution is 7.13. The first-order valence-electron chi connectivity index (χ1n) is 6.69. The topological polar surface area (TPSA) is 87.2 Å². The molecule has 0 unspecified atom stereocenters. The second kappa shape index (κ2) is 6.99. The largest absolute Gasteiger partial charge is 0.343 e. The molecular weight excluding hydrogens is 302 g/mol. The van der Waals surface area contributed by atoms with Gasteiger partial charge in [0.25, 0.3) is 5.91 Å². The van der Waals surface area contributed by atoms with Crippen molar-refractivity contribution in [3.05, 3.63) is 29.4 Å². The number of urea groups is 1. The second-order valence-corrected chi connectivity index (χ2v) is 5.51. The Morgan fingerprint density at radius 1 is 1.32 bits per heavy atom. The lowest BCUT2D eigenvalue weighted by Gasteiger charge is -2.06. The first-order chi connectivity index (χ1) is 10.5. The van der Waals surface area contributed by atoms with E-state index in [2.05, 4.69) is 20.6 Å². The van der Waals surface area contributed by atoms with Gasteiger partial charge in [0.1, 0.15) is 16.5 Å². The third kappa shape index (κ3) is 3.79. The van der Waals surface area contributed by atoms with E-state index >= 15 is 0 Å². The SMILES string of the molecule is CCNC(=O)Nc1ccc(-c2nc(C(=O)N(C)C)cs2)cn1. The predicted octanol–water partition coefficient (Wildman–Crippen LogP) is 2.05. The van der Waals surface area contributed by atoms with E-state index in [1.807, 2.05) is 6.92 Å². The van der Waals surface area contributed by atoms with Crippen LogP contribution in [0.15, 0.2) is 23.7 Å². The highest BCUT2D eigenvalue weighted by atomic mass is 32.1. The van der Waals surface area contributed by atoms with Gasteiger partial charge >= 0.3 is 6.03 Å². The maximum atomic E-state index is 11.8. The molecule has 0 saturated carbocycles. The quantitative estimate of drug-likeness (QED) is 0.903. The third-order valence-corrected chi connectivity index (χ3v) is 3.61. The minimum atomic E-state index is -0.295. The molecule has 0 saturated heterocycles. The zero-order valence-corrected chi connectivity index (χ0v) is 13.4. The molecule has 0 aliphatic heterocycles. The minimum absolute atomic E-state index is 0.134. The van der Waals surface area contributed by atoms with Crippen LogP contribution in [0.25, 0.3) is 10.6 Å². The highest BCUT2D eigenvalue weighted by Crippen LogP contribution is 2.24. The van der Waals surface area contributed by atoms with Gasteiger partial charge in [-0.1, -0.05) is 0 Å². The zero-order valence-electron chi connectivity index (χ0n) is 12.6. The van der Waals surface area contributed by atoms with Gasteiger partial charge in [0.05, 0.1) is 0 Å². The molecule has 0 radical (unpaired) electrons. The average Bonchev–Trinajstić information content (AvgIpc) is 2.97. The van der Waals surface area contributed by atoms with Crippen LogP contribution in [0.1, 0.15) is 17.4 Å². The van der Waals surface area contributed by atoms with Crippen molar-refractivity contribution in [2.24, 2.45) is 0 Å². The summed E-state index contributed by atoms with van der Waals surface area (Å²) in [5.74, 6) is 0.320. The number of nitrogens with one attached hydrogen (secondary N) is 2. The number of amides is 3. The number of thiazole rings is 1. The molecule has 0 aliphatic rings. The molecule has 0 spiro atoms. The molecule has 0 atom stereocenters. The summed E-state index contributed by atoms with van der Waals surface area (Å²) < 4.78 is 0. The lowest BCUT2D eigenvalue weighted by molar-refractivity contribution is 0.0823. The Kier molecular flexibility index (Phi) is 5.05. The van der Waals surface area contributed by atoms with Crippen molar-refractivity contribution in [2.45, 2.75) is 6.92 Å². The van der Waals surface area contributed by atoms with Crippen molar-refractivity contribution >= 4 is 29.1 Å².